The van der Waals surface area contributed by atoms with Crippen LogP contribution < -0.4 is 0 Å². The lowest BCUT2D eigenvalue weighted by Gasteiger charge is -2.13. The number of isothiocyanates is 1. The minimum Gasteiger partial charge on any atom is -0.345 e. The molecule has 92 valence electrons. The zero-order chi connectivity index (χ0) is 12.4. The van der Waals surface area contributed by atoms with Gasteiger partial charge in [0.15, 0.2) is 0 Å². The molecule has 1 atom stereocenters. The molecule has 0 aromatic heterocycles. The normalized spacial score (nSPS) is 11.6. The van der Waals surface area contributed by atoms with Gasteiger partial charge in [-0.3, -0.25) is 9.00 Å². The minimum atomic E-state index is -0.845. The molecule has 0 aliphatic rings. The standard InChI is InChI=1S/C10H18N2O2S2/c1-10(13)12(2)6-8-16(14)7-4-3-5-11-9-15/h3-8H2,1-2H3. The zero-order valence-electron chi connectivity index (χ0n) is 9.77. The van der Waals surface area contributed by atoms with Crippen LogP contribution in [0, 0.1) is 0 Å². The second-order valence-electron chi connectivity index (χ2n) is 3.47. The fourth-order valence-electron chi connectivity index (χ4n) is 0.998. The summed E-state index contributed by atoms with van der Waals surface area (Å²) >= 11 is 4.43. The Bertz CT molecular complexity index is 289. The third-order valence-electron chi connectivity index (χ3n) is 2.15. The highest BCUT2D eigenvalue weighted by Gasteiger charge is 2.05. The summed E-state index contributed by atoms with van der Waals surface area (Å²) in [6, 6.07) is 0. The quantitative estimate of drug-likeness (QED) is 0.374. The van der Waals surface area contributed by atoms with E-state index in [1.165, 1.54) is 6.92 Å². The first-order valence-corrected chi connectivity index (χ1v) is 7.08. The van der Waals surface area contributed by atoms with Crippen molar-refractivity contribution in [3.05, 3.63) is 0 Å². The molecule has 0 heterocycles. The highest BCUT2D eigenvalue weighted by atomic mass is 32.2. The van der Waals surface area contributed by atoms with Gasteiger partial charge in [-0.05, 0) is 25.1 Å². The lowest BCUT2D eigenvalue weighted by molar-refractivity contribution is -0.127. The number of carbonyl (C=O) groups is 1. The number of carbonyl (C=O) groups excluding carboxylic acids is 1. The Morgan fingerprint density at radius 3 is 2.69 bits per heavy atom. The van der Waals surface area contributed by atoms with Gasteiger partial charge in [0.1, 0.15) is 0 Å². The third kappa shape index (κ3) is 8.71. The molecular formula is C10H18N2O2S2. The molecule has 0 radical (unpaired) electrons. The van der Waals surface area contributed by atoms with Gasteiger partial charge in [-0.2, -0.15) is 0 Å². The fraction of sp³-hybridized carbons (Fsp3) is 0.800. The van der Waals surface area contributed by atoms with Gasteiger partial charge in [-0.15, -0.1) is 0 Å². The van der Waals surface area contributed by atoms with E-state index in [1.54, 1.807) is 11.9 Å². The van der Waals surface area contributed by atoms with Crippen LogP contribution in [0.5, 0.6) is 0 Å². The highest BCUT2D eigenvalue weighted by Crippen LogP contribution is 1.95. The largest absolute Gasteiger partial charge is 0.345 e. The second-order valence-corrected chi connectivity index (χ2v) is 5.35. The lowest BCUT2D eigenvalue weighted by Crippen LogP contribution is -2.28. The van der Waals surface area contributed by atoms with Crippen molar-refractivity contribution in [2.45, 2.75) is 19.8 Å². The average molecular weight is 262 g/mol. The first-order valence-electron chi connectivity index (χ1n) is 5.18. The molecule has 1 amide bonds. The predicted molar refractivity (Wildman–Crippen MR) is 70.3 cm³/mol. The molecule has 4 nitrogen and oxygen atoms in total. The zero-order valence-corrected chi connectivity index (χ0v) is 11.4. The molecule has 16 heavy (non-hydrogen) atoms. The van der Waals surface area contributed by atoms with Crippen molar-refractivity contribution in [2.24, 2.45) is 4.99 Å². The molecule has 0 spiro atoms. The van der Waals surface area contributed by atoms with Gasteiger partial charge in [0.25, 0.3) is 0 Å². The molecule has 0 N–H and O–H groups in total. The highest BCUT2D eigenvalue weighted by molar-refractivity contribution is 7.85. The summed E-state index contributed by atoms with van der Waals surface area (Å²) in [7, 11) is 0.871. The predicted octanol–water partition coefficient (Wildman–Crippen LogP) is 1.10. The van der Waals surface area contributed by atoms with Crippen molar-refractivity contribution < 1.29 is 9.00 Å². The van der Waals surface area contributed by atoms with Crippen molar-refractivity contribution >= 4 is 34.1 Å². The molecule has 0 aliphatic carbocycles. The summed E-state index contributed by atoms with van der Waals surface area (Å²) < 4.78 is 11.5. The molecule has 1 unspecified atom stereocenters. The van der Waals surface area contributed by atoms with Crippen LogP contribution in [0.3, 0.4) is 0 Å². The van der Waals surface area contributed by atoms with Gasteiger partial charge >= 0.3 is 0 Å². The molecule has 0 aromatic rings. The first-order chi connectivity index (χ1) is 7.57. The number of aliphatic imine (C=N–C) groups is 1. The summed E-state index contributed by atoms with van der Waals surface area (Å²) in [5.74, 6) is 1.22. The Balaban J connectivity index is 3.52. The molecule has 0 fully saturated rings. The summed E-state index contributed by atoms with van der Waals surface area (Å²) in [5.41, 5.74) is 0. The maximum absolute atomic E-state index is 11.5. The molecule has 0 saturated carbocycles. The Labute approximate surface area is 105 Å². The van der Waals surface area contributed by atoms with E-state index in [0.29, 0.717) is 24.6 Å². The van der Waals surface area contributed by atoms with Gasteiger partial charge in [-0.25, -0.2) is 4.99 Å². The Kier molecular flexibility index (Phi) is 9.28. The van der Waals surface area contributed by atoms with E-state index in [4.69, 9.17) is 0 Å². The van der Waals surface area contributed by atoms with E-state index in [-0.39, 0.29) is 5.91 Å². The molecule has 0 bridgehead atoms. The summed E-state index contributed by atoms with van der Waals surface area (Å²) in [6.07, 6.45) is 1.76. The number of thiocarbonyl (C=S) groups is 1. The van der Waals surface area contributed by atoms with E-state index in [9.17, 15) is 9.00 Å². The van der Waals surface area contributed by atoms with Crippen LogP contribution >= 0.6 is 12.2 Å². The summed E-state index contributed by atoms with van der Waals surface area (Å²) in [4.78, 5) is 16.2. The fourth-order valence-corrected chi connectivity index (χ4v) is 2.30. The summed E-state index contributed by atoms with van der Waals surface area (Å²) in [6.45, 7) is 2.72. The van der Waals surface area contributed by atoms with E-state index >= 15 is 0 Å². The number of unbranched alkanes of at least 4 members (excludes halogenated alkanes) is 1. The van der Waals surface area contributed by atoms with Crippen LogP contribution in [-0.2, 0) is 15.6 Å². The maximum atomic E-state index is 11.5. The van der Waals surface area contributed by atoms with Crippen molar-refractivity contribution in [3.8, 4) is 0 Å². The first kappa shape index (κ1) is 15.4. The maximum Gasteiger partial charge on any atom is 0.219 e. The van der Waals surface area contributed by atoms with Gasteiger partial charge in [0, 0.05) is 49.4 Å². The number of rotatable bonds is 8. The third-order valence-corrected chi connectivity index (χ3v) is 3.66. The van der Waals surface area contributed by atoms with E-state index in [2.05, 4.69) is 22.4 Å². The van der Waals surface area contributed by atoms with E-state index in [1.807, 2.05) is 0 Å². The SMILES string of the molecule is CC(=O)N(C)CCS(=O)CCCCN=C=S. The van der Waals surface area contributed by atoms with Crippen molar-refractivity contribution in [1.29, 1.82) is 0 Å². The van der Waals surface area contributed by atoms with E-state index in [0.717, 1.165) is 12.8 Å². The smallest absolute Gasteiger partial charge is 0.219 e. The van der Waals surface area contributed by atoms with Gasteiger partial charge in [-0.1, -0.05) is 0 Å². The van der Waals surface area contributed by atoms with Crippen LogP contribution in [0.15, 0.2) is 4.99 Å². The molecule has 6 heteroatoms. The molecule has 0 aromatic carbocycles. The minimum absolute atomic E-state index is 0.00678. The van der Waals surface area contributed by atoms with Crippen molar-refractivity contribution in [3.63, 3.8) is 0 Å². The second kappa shape index (κ2) is 9.63. The lowest BCUT2D eigenvalue weighted by atomic mass is 10.3. The van der Waals surface area contributed by atoms with Crippen LogP contribution in [-0.4, -0.2) is 51.8 Å². The van der Waals surface area contributed by atoms with Crippen molar-refractivity contribution in [1.82, 2.24) is 4.90 Å². The Morgan fingerprint density at radius 2 is 2.12 bits per heavy atom. The summed E-state index contributed by atoms with van der Waals surface area (Å²) in [5, 5.41) is 2.30. The van der Waals surface area contributed by atoms with Crippen molar-refractivity contribution in [2.75, 3.05) is 31.6 Å². The number of amides is 1. The average Bonchev–Trinajstić information content (AvgIpc) is 2.25. The number of hydrogen-bond donors (Lipinski definition) is 0. The number of nitrogens with zero attached hydrogens (tertiary/aromatic N) is 2. The van der Waals surface area contributed by atoms with Crippen LogP contribution in [0.4, 0.5) is 0 Å². The molecular weight excluding hydrogens is 244 g/mol. The molecule has 0 aliphatic heterocycles. The van der Waals surface area contributed by atoms with Gasteiger partial charge in [0.05, 0.1) is 5.16 Å². The molecule has 0 saturated heterocycles. The Hall–Kier alpha value is -0.580. The molecule has 0 rings (SSSR count). The van der Waals surface area contributed by atoms with E-state index < -0.39 is 10.8 Å². The van der Waals surface area contributed by atoms with Gasteiger partial charge in [0.2, 0.25) is 5.91 Å². The van der Waals surface area contributed by atoms with Crippen LogP contribution in [0.25, 0.3) is 0 Å². The Morgan fingerprint density at radius 1 is 1.44 bits per heavy atom. The van der Waals surface area contributed by atoms with Gasteiger partial charge < -0.3 is 4.90 Å². The van der Waals surface area contributed by atoms with Crippen LogP contribution in [0.2, 0.25) is 0 Å². The number of hydrogen-bond acceptors (Lipinski definition) is 4. The van der Waals surface area contributed by atoms with Crippen LogP contribution in [0.1, 0.15) is 19.8 Å². The topological polar surface area (TPSA) is 49.7 Å². The monoisotopic (exact) mass is 262 g/mol.